The number of aromatic nitrogens is 3. The second-order valence-corrected chi connectivity index (χ2v) is 5.07. The number of nitrogens with one attached hydrogen (secondary N) is 1. The molecule has 0 saturated carbocycles. The Morgan fingerprint density at radius 1 is 1.10 bits per heavy atom. The van der Waals surface area contributed by atoms with Crippen molar-refractivity contribution in [3.05, 3.63) is 59.4 Å². The van der Waals surface area contributed by atoms with Gasteiger partial charge in [0.15, 0.2) is 5.65 Å². The smallest absolute Gasteiger partial charge is 0.158 e. The van der Waals surface area contributed by atoms with E-state index in [0.29, 0.717) is 0 Å². The average molecular weight is 266 g/mol. The number of hydrogen-bond acceptors (Lipinski definition) is 3. The first-order valence-electron chi connectivity index (χ1n) is 6.77. The van der Waals surface area contributed by atoms with Gasteiger partial charge in [0.1, 0.15) is 0 Å². The Kier molecular flexibility index (Phi) is 3.48. The molecular formula is C16H18N4. The summed E-state index contributed by atoms with van der Waals surface area (Å²) in [6, 6.07) is 10.7. The van der Waals surface area contributed by atoms with Gasteiger partial charge in [0, 0.05) is 18.1 Å². The number of fused-ring (bicyclic) bond motifs is 1. The Morgan fingerprint density at radius 2 is 1.90 bits per heavy atom. The van der Waals surface area contributed by atoms with Gasteiger partial charge in [-0.05, 0) is 31.2 Å². The van der Waals surface area contributed by atoms with E-state index in [1.807, 2.05) is 24.1 Å². The highest BCUT2D eigenvalue weighted by molar-refractivity contribution is 5.75. The molecule has 3 aromatic rings. The molecule has 0 aliphatic rings. The first-order chi connectivity index (χ1) is 9.76. The minimum Gasteiger partial charge on any atom is -0.316 e. The summed E-state index contributed by atoms with van der Waals surface area (Å²) < 4.78 is 1.95. The van der Waals surface area contributed by atoms with Gasteiger partial charge in [-0.2, -0.15) is 5.10 Å². The molecule has 3 rings (SSSR count). The van der Waals surface area contributed by atoms with Crippen LogP contribution in [0.5, 0.6) is 0 Å². The topological polar surface area (TPSA) is 42.7 Å². The van der Waals surface area contributed by atoms with Crippen LogP contribution in [0.25, 0.3) is 11.0 Å². The molecule has 102 valence electrons. The average Bonchev–Trinajstić information content (AvgIpc) is 2.84. The summed E-state index contributed by atoms with van der Waals surface area (Å²) in [5.74, 6) is 0. The Balaban J connectivity index is 1.90. The van der Waals surface area contributed by atoms with Crippen LogP contribution in [0.1, 0.15) is 16.7 Å². The molecule has 0 unspecified atom stereocenters. The van der Waals surface area contributed by atoms with Crippen molar-refractivity contribution < 1.29 is 0 Å². The standard InChI is InChI=1S/C16H18N4/c1-12-3-5-13(6-4-12)11-20-16-15(10-19-20)7-14(8-17-2)9-18-16/h3-7,9-10,17H,8,11H2,1-2H3. The largest absolute Gasteiger partial charge is 0.316 e. The van der Waals surface area contributed by atoms with Gasteiger partial charge >= 0.3 is 0 Å². The van der Waals surface area contributed by atoms with Crippen molar-refractivity contribution in [3.63, 3.8) is 0 Å². The lowest BCUT2D eigenvalue weighted by Crippen LogP contribution is -2.06. The molecule has 2 heterocycles. The third-order valence-electron chi connectivity index (χ3n) is 3.37. The van der Waals surface area contributed by atoms with E-state index in [0.717, 1.165) is 24.1 Å². The summed E-state index contributed by atoms with van der Waals surface area (Å²) in [6.45, 7) is 3.67. The fraction of sp³-hybridized carbons (Fsp3) is 0.250. The summed E-state index contributed by atoms with van der Waals surface area (Å²) in [6.07, 6.45) is 3.79. The van der Waals surface area contributed by atoms with Gasteiger partial charge in [0.25, 0.3) is 0 Å². The lowest BCUT2D eigenvalue weighted by atomic mass is 10.1. The predicted molar refractivity (Wildman–Crippen MR) is 80.6 cm³/mol. The molecule has 0 fully saturated rings. The SMILES string of the molecule is CNCc1cnc2c(cnn2Cc2ccc(C)cc2)c1. The third kappa shape index (κ3) is 2.56. The maximum Gasteiger partial charge on any atom is 0.158 e. The molecule has 0 radical (unpaired) electrons. The minimum atomic E-state index is 0.752. The highest BCUT2D eigenvalue weighted by Crippen LogP contribution is 2.14. The van der Waals surface area contributed by atoms with Crippen LogP contribution in [-0.2, 0) is 13.1 Å². The van der Waals surface area contributed by atoms with Crippen molar-refractivity contribution in [1.29, 1.82) is 0 Å². The quantitative estimate of drug-likeness (QED) is 0.789. The molecule has 0 saturated heterocycles. The summed E-state index contributed by atoms with van der Waals surface area (Å²) >= 11 is 0. The Bertz CT molecular complexity index is 713. The van der Waals surface area contributed by atoms with Gasteiger partial charge in [0.05, 0.1) is 12.7 Å². The van der Waals surface area contributed by atoms with Crippen LogP contribution < -0.4 is 5.32 Å². The van der Waals surface area contributed by atoms with Crippen LogP contribution in [0.3, 0.4) is 0 Å². The van der Waals surface area contributed by atoms with Gasteiger partial charge < -0.3 is 5.32 Å². The third-order valence-corrected chi connectivity index (χ3v) is 3.37. The fourth-order valence-corrected chi connectivity index (χ4v) is 2.30. The molecule has 0 atom stereocenters. The van der Waals surface area contributed by atoms with Crippen LogP contribution in [0.2, 0.25) is 0 Å². The molecule has 1 N–H and O–H groups in total. The molecule has 4 heteroatoms. The fourth-order valence-electron chi connectivity index (χ4n) is 2.30. The first kappa shape index (κ1) is 12.8. The summed E-state index contributed by atoms with van der Waals surface area (Å²) in [5.41, 5.74) is 4.62. The highest BCUT2D eigenvalue weighted by Gasteiger charge is 2.05. The number of nitrogens with zero attached hydrogens (tertiary/aromatic N) is 3. The van der Waals surface area contributed by atoms with E-state index in [9.17, 15) is 0 Å². The second kappa shape index (κ2) is 5.43. The van der Waals surface area contributed by atoms with E-state index in [2.05, 4.69) is 52.7 Å². The number of hydrogen-bond donors (Lipinski definition) is 1. The number of benzene rings is 1. The van der Waals surface area contributed by atoms with Gasteiger partial charge in [-0.3, -0.25) is 0 Å². The molecule has 0 spiro atoms. The molecular weight excluding hydrogens is 248 g/mol. The normalized spacial score (nSPS) is 11.1. The lowest BCUT2D eigenvalue weighted by Gasteiger charge is -2.04. The Hall–Kier alpha value is -2.20. The van der Waals surface area contributed by atoms with Crippen LogP contribution in [0.4, 0.5) is 0 Å². The number of aryl methyl sites for hydroxylation is 1. The van der Waals surface area contributed by atoms with Gasteiger partial charge in [0.2, 0.25) is 0 Å². The number of rotatable bonds is 4. The first-order valence-corrected chi connectivity index (χ1v) is 6.77. The molecule has 0 aliphatic heterocycles. The zero-order chi connectivity index (χ0) is 13.9. The maximum absolute atomic E-state index is 4.53. The second-order valence-electron chi connectivity index (χ2n) is 5.07. The van der Waals surface area contributed by atoms with E-state index in [1.165, 1.54) is 16.7 Å². The minimum absolute atomic E-state index is 0.752. The van der Waals surface area contributed by atoms with Crippen molar-refractivity contribution in [3.8, 4) is 0 Å². The Labute approximate surface area is 118 Å². The van der Waals surface area contributed by atoms with Gasteiger partial charge in [-0.1, -0.05) is 29.8 Å². The van der Waals surface area contributed by atoms with Crippen molar-refractivity contribution >= 4 is 11.0 Å². The molecule has 0 aliphatic carbocycles. The van der Waals surface area contributed by atoms with Crippen molar-refractivity contribution in [2.75, 3.05) is 7.05 Å². The van der Waals surface area contributed by atoms with Crippen molar-refractivity contribution in [2.24, 2.45) is 0 Å². The van der Waals surface area contributed by atoms with E-state index in [1.54, 1.807) is 0 Å². The molecule has 4 nitrogen and oxygen atoms in total. The van der Waals surface area contributed by atoms with Gasteiger partial charge in [-0.25, -0.2) is 9.67 Å². The van der Waals surface area contributed by atoms with E-state index < -0.39 is 0 Å². The zero-order valence-electron chi connectivity index (χ0n) is 11.8. The summed E-state index contributed by atoms with van der Waals surface area (Å²) in [7, 11) is 1.94. The van der Waals surface area contributed by atoms with E-state index >= 15 is 0 Å². The molecule has 0 amide bonds. The molecule has 2 aromatic heterocycles. The van der Waals surface area contributed by atoms with E-state index in [4.69, 9.17) is 0 Å². The predicted octanol–water partition coefficient (Wildman–Crippen LogP) is 2.51. The van der Waals surface area contributed by atoms with Crippen molar-refractivity contribution in [2.45, 2.75) is 20.0 Å². The van der Waals surface area contributed by atoms with Crippen LogP contribution in [0.15, 0.2) is 42.7 Å². The molecule has 1 aromatic carbocycles. The van der Waals surface area contributed by atoms with Gasteiger partial charge in [-0.15, -0.1) is 0 Å². The zero-order valence-corrected chi connectivity index (χ0v) is 11.8. The van der Waals surface area contributed by atoms with Crippen LogP contribution >= 0.6 is 0 Å². The molecule has 20 heavy (non-hydrogen) atoms. The summed E-state index contributed by atoms with van der Waals surface area (Å²) in [5, 5.41) is 8.67. The highest BCUT2D eigenvalue weighted by atomic mass is 15.3. The van der Waals surface area contributed by atoms with Crippen LogP contribution in [0, 0.1) is 6.92 Å². The number of pyridine rings is 1. The lowest BCUT2D eigenvalue weighted by molar-refractivity contribution is 0.703. The molecule has 0 bridgehead atoms. The Morgan fingerprint density at radius 3 is 2.65 bits per heavy atom. The monoisotopic (exact) mass is 266 g/mol. The van der Waals surface area contributed by atoms with E-state index in [-0.39, 0.29) is 0 Å². The van der Waals surface area contributed by atoms with Crippen LogP contribution in [-0.4, -0.2) is 21.8 Å². The maximum atomic E-state index is 4.53. The summed E-state index contributed by atoms with van der Waals surface area (Å²) in [4.78, 5) is 4.53. The van der Waals surface area contributed by atoms with Crippen molar-refractivity contribution in [1.82, 2.24) is 20.1 Å².